The van der Waals surface area contributed by atoms with E-state index in [0.717, 1.165) is 17.6 Å². The van der Waals surface area contributed by atoms with Crippen LogP contribution in [-0.2, 0) is 14.6 Å². The molecule has 0 unspecified atom stereocenters. The number of hydrogen-bond donors (Lipinski definition) is 1. The Balaban J connectivity index is 2.18. The van der Waals surface area contributed by atoms with Crippen LogP contribution >= 0.6 is 11.3 Å². The number of aromatic nitrogens is 1. The molecule has 7 nitrogen and oxygen atoms in total. The van der Waals surface area contributed by atoms with Gasteiger partial charge in [-0.3, -0.25) is 14.9 Å². The Morgan fingerprint density at radius 1 is 1.30 bits per heavy atom. The lowest BCUT2D eigenvalue weighted by Crippen LogP contribution is -2.13. The fourth-order valence-electron chi connectivity index (χ4n) is 1.77. The van der Waals surface area contributed by atoms with Crippen molar-refractivity contribution in [2.24, 2.45) is 0 Å². The number of esters is 1. The van der Waals surface area contributed by atoms with E-state index in [1.165, 1.54) is 24.4 Å². The molecule has 1 aromatic carbocycles. The van der Waals surface area contributed by atoms with Crippen molar-refractivity contribution in [1.29, 1.82) is 0 Å². The summed E-state index contributed by atoms with van der Waals surface area (Å²) >= 11 is 1.03. The predicted molar refractivity (Wildman–Crippen MR) is 85.7 cm³/mol. The molecule has 2 aromatic rings. The van der Waals surface area contributed by atoms with E-state index in [4.69, 9.17) is 4.74 Å². The van der Waals surface area contributed by atoms with E-state index in [1.807, 2.05) is 0 Å². The Morgan fingerprint density at radius 3 is 2.52 bits per heavy atom. The predicted octanol–water partition coefficient (Wildman–Crippen LogP) is 2.03. The number of hydrogen-bond acceptors (Lipinski definition) is 7. The number of thiazole rings is 1. The van der Waals surface area contributed by atoms with Crippen LogP contribution in [0.3, 0.4) is 0 Å². The summed E-state index contributed by atoms with van der Waals surface area (Å²) in [5.74, 6) is -0.524. The van der Waals surface area contributed by atoms with Crippen LogP contribution in [0.1, 0.15) is 22.8 Å². The number of ether oxygens (including phenoxy) is 1. The van der Waals surface area contributed by atoms with Gasteiger partial charge in [0.15, 0.2) is 20.0 Å². The van der Waals surface area contributed by atoms with Crippen LogP contribution in [0, 0.1) is 6.92 Å². The van der Waals surface area contributed by atoms with Crippen molar-refractivity contribution in [2.45, 2.75) is 18.9 Å². The molecule has 0 saturated carbocycles. The summed E-state index contributed by atoms with van der Waals surface area (Å²) in [6.45, 7) is 2.99. The lowest BCUT2D eigenvalue weighted by atomic mass is 10.1. The molecule has 0 bridgehead atoms. The molecule has 0 radical (unpaired) electrons. The van der Waals surface area contributed by atoms with Gasteiger partial charge in [-0.15, -0.1) is 11.3 Å². The zero-order valence-corrected chi connectivity index (χ0v) is 14.2. The average Bonchev–Trinajstić information content (AvgIpc) is 2.86. The van der Waals surface area contributed by atoms with Crippen molar-refractivity contribution in [1.82, 2.24) is 4.98 Å². The van der Waals surface area contributed by atoms with Crippen LogP contribution in [-0.4, -0.2) is 31.5 Å². The maximum absolute atomic E-state index is 12.2. The second kappa shape index (κ2) is 6.47. The molecule has 1 heterocycles. The minimum atomic E-state index is -3.41. The van der Waals surface area contributed by atoms with Gasteiger partial charge in [-0.1, -0.05) is 0 Å². The first-order chi connectivity index (χ1) is 10.7. The van der Waals surface area contributed by atoms with E-state index in [-0.39, 0.29) is 10.2 Å². The molecule has 122 valence electrons. The molecule has 0 aliphatic rings. The van der Waals surface area contributed by atoms with Gasteiger partial charge >= 0.3 is 5.97 Å². The number of rotatable bonds is 4. The first-order valence-corrected chi connectivity index (χ1v) is 9.20. The number of benzene rings is 1. The largest absolute Gasteiger partial charge is 0.427 e. The van der Waals surface area contributed by atoms with Crippen LogP contribution in [0.15, 0.2) is 28.6 Å². The number of aryl methyl sites for hydroxylation is 1. The van der Waals surface area contributed by atoms with E-state index in [1.54, 1.807) is 13.0 Å². The number of sulfone groups is 1. The molecule has 0 spiro atoms. The van der Waals surface area contributed by atoms with Gasteiger partial charge < -0.3 is 4.74 Å². The van der Waals surface area contributed by atoms with Gasteiger partial charge in [-0.05, 0) is 30.7 Å². The molecule has 1 N–H and O–H groups in total. The normalized spacial score (nSPS) is 11.1. The Kier molecular flexibility index (Phi) is 4.81. The van der Waals surface area contributed by atoms with Gasteiger partial charge in [-0.2, -0.15) is 0 Å². The highest BCUT2D eigenvalue weighted by Crippen LogP contribution is 2.22. The number of nitrogens with zero attached hydrogens (tertiary/aromatic N) is 1. The second-order valence-electron chi connectivity index (χ2n) is 4.79. The third-order valence-corrected chi connectivity index (χ3v) is 4.66. The van der Waals surface area contributed by atoms with Gasteiger partial charge in [0.05, 0.1) is 0 Å². The molecule has 2 rings (SSSR count). The minimum absolute atomic E-state index is 0.0836. The molecular formula is C14H14N2O5S2. The number of amides is 1. The van der Waals surface area contributed by atoms with Crippen molar-refractivity contribution in [3.63, 3.8) is 0 Å². The number of anilines is 1. The van der Waals surface area contributed by atoms with E-state index in [2.05, 4.69) is 10.3 Å². The summed E-state index contributed by atoms with van der Waals surface area (Å²) < 4.78 is 27.7. The molecule has 0 aliphatic heterocycles. The maximum Gasteiger partial charge on any atom is 0.308 e. The molecule has 0 fully saturated rings. The molecule has 0 saturated heterocycles. The van der Waals surface area contributed by atoms with Gasteiger partial charge in [0, 0.05) is 24.1 Å². The summed E-state index contributed by atoms with van der Waals surface area (Å²) in [4.78, 5) is 27.0. The summed E-state index contributed by atoms with van der Waals surface area (Å²) in [6, 6.07) is 4.60. The van der Waals surface area contributed by atoms with E-state index in [0.29, 0.717) is 16.9 Å². The second-order valence-corrected chi connectivity index (χ2v) is 7.61. The van der Waals surface area contributed by atoms with Crippen molar-refractivity contribution >= 4 is 38.2 Å². The number of carbonyl (C=O) groups is 2. The molecule has 23 heavy (non-hydrogen) atoms. The van der Waals surface area contributed by atoms with Crippen LogP contribution < -0.4 is 10.1 Å². The third-order valence-electron chi connectivity index (χ3n) is 2.79. The molecule has 1 aromatic heterocycles. The lowest BCUT2D eigenvalue weighted by Gasteiger charge is -2.07. The van der Waals surface area contributed by atoms with Crippen LogP contribution in [0.5, 0.6) is 5.75 Å². The van der Waals surface area contributed by atoms with Crippen molar-refractivity contribution < 1.29 is 22.7 Å². The Bertz CT molecular complexity index is 871. The monoisotopic (exact) mass is 354 g/mol. The minimum Gasteiger partial charge on any atom is -0.427 e. The first kappa shape index (κ1) is 17.1. The van der Waals surface area contributed by atoms with Gasteiger partial charge in [0.1, 0.15) is 5.75 Å². The standard InChI is InChI=1S/C14H14N2O5S2/c1-8-6-10(21-9(2)17)4-5-11(8)13(18)16-14-15-12(7-22-14)23(3,19)20/h4-7H,1-3H3,(H,15,16,18). The van der Waals surface area contributed by atoms with Crippen LogP contribution in [0.2, 0.25) is 0 Å². The van der Waals surface area contributed by atoms with Gasteiger partial charge in [-0.25, -0.2) is 13.4 Å². The molecular weight excluding hydrogens is 340 g/mol. The Labute approximate surface area is 137 Å². The highest BCUT2D eigenvalue weighted by molar-refractivity contribution is 7.90. The maximum atomic E-state index is 12.2. The lowest BCUT2D eigenvalue weighted by molar-refractivity contribution is -0.131. The fourth-order valence-corrected chi connectivity index (χ4v) is 3.50. The highest BCUT2D eigenvalue weighted by atomic mass is 32.2. The Hall–Kier alpha value is -2.26. The van der Waals surface area contributed by atoms with E-state index in [9.17, 15) is 18.0 Å². The highest BCUT2D eigenvalue weighted by Gasteiger charge is 2.16. The topological polar surface area (TPSA) is 102 Å². The summed E-state index contributed by atoms with van der Waals surface area (Å²) in [7, 11) is -3.41. The quantitative estimate of drug-likeness (QED) is 0.666. The van der Waals surface area contributed by atoms with Crippen LogP contribution in [0.25, 0.3) is 0 Å². The van der Waals surface area contributed by atoms with Crippen LogP contribution in [0.4, 0.5) is 5.13 Å². The molecule has 0 aliphatic carbocycles. The fraction of sp³-hybridized carbons (Fsp3) is 0.214. The molecule has 9 heteroatoms. The smallest absolute Gasteiger partial charge is 0.308 e. The number of carbonyl (C=O) groups excluding carboxylic acids is 2. The molecule has 0 atom stereocenters. The van der Waals surface area contributed by atoms with Crippen molar-refractivity contribution in [3.8, 4) is 5.75 Å². The zero-order valence-electron chi connectivity index (χ0n) is 12.6. The SMILES string of the molecule is CC(=O)Oc1ccc(C(=O)Nc2nc(S(C)(=O)=O)cs2)c(C)c1. The summed E-state index contributed by atoms with van der Waals surface area (Å²) in [5.41, 5.74) is 0.984. The summed E-state index contributed by atoms with van der Waals surface area (Å²) in [5, 5.41) is 4.02. The average molecular weight is 354 g/mol. The van der Waals surface area contributed by atoms with Gasteiger partial charge in [0.2, 0.25) is 0 Å². The van der Waals surface area contributed by atoms with E-state index < -0.39 is 21.7 Å². The summed E-state index contributed by atoms with van der Waals surface area (Å²) in [6.07, 6.45) is 1.05. The number of nitrogens with one attached hydrogen (secondary N) is 1. The van der Waals surface area contributed by atoms with E-state index >= 15 is 0 Å². The first-order valence-electron chi connectivity index (χ1n) is 6.43. The Morgan fingerprint density at radius 2 is 2.00 bits per heavy atom. The van der Waals surface area contributed by atoms with Crippen molar-refractivity contribution in [2.75, 3.05) is 11.6 Å². The molecule has 1 amide bonds. The van der Waals surface area contributed by atoms with Crippen molar-refractivity contribution in [3.05, 3.63) is 34.7 Å². The van der Waals surface area contributed by atoms with Gasteiger partial charge in [0.25, 0.3) is 5.91 Å². The third kappa shape index (κ3) is 4.36. The zero-order chi connectivity index (χ0) is 17.2.